The lowest BCUT2D eigenvalue weighted by molar-refractivity contribution is -0.141. The van der Waals surface area contributed by atoms with Crippen molar-refractivity contribution in [3.05, 3.63) is 69.7 Å². The molecule has 1 saturated heterocycles. The van der Waals surface area contributed by atoms with Crippen molar-refractivity contribution in [2.45, 2.75) is 39.7 Å². The molecule has 0 aromatic heterocycles. The van der Waals surface area contributed by atoms with Crippen molar-refractivity contribution in [3.8, 4) is 0 Å². The lowest BCUT2D eigenvalue weighted by Crippen LogP contribution is -2.46. The molecular formula is C28H35ClN4O3. The summed E-state index contributed by atoms with van der Waals surface area (Å²) in [5, 5.41) is 7.01. The Hall–Kier alpha value is -2.74. The molecule has 192 valence electrons. The molecule has 0 saturated carbocycles. The van der Waals surface area contributed by atoms with E-state index in [4.69, 9.17) is 21.4 Å². The minimum atomic E-state index is -0.246. The van der Waals surface area contributed by atoms with E-state index >= 15 is 0 Å². The minimum Gasteiger partial charge on any atom is -0.379 e. The second-order valence-corrected chi connectivity index (χ2v) is 9.91. The molecule has 2 aliphatic heterocycles. The number of morpholine rings is 1. The molecular weight excluding hydrogens is 476 g/mol. The summed E-state index contributed by atoms with van der Waals surface area (Å²) < 4.78 is 5.42. The fourth-order valence-corrected chi connectivity index (χ4v) is 4.74. The maximum Gasteiger partial charge on any atom is 0.262 e. The van der Waals surface area contributed by atoms with Gasteiger partial charge in [-0.3, -0.25) is 14.5 Å². The van der Waals surface area contributed by atoms with Crippen molar-refractivity contribution in [1.29, 1.82) is 0 Å². The molecule has 1 unspecified atom stereocenters. The molecule has 7 nitrogen and oxygen atoms in total. The van der Waals surface area contributed by atoms with E-state index in [1.807, 2.05) is 31.2 Å². The topological polar surface area (TPSA) is 65.5 Å². The molecule has 0 bridgehead atoms. The van der Waals surface area contributed by atoms with Gasteiger partial charge in [0.1, 0.15) is 6.54 Å². The predicted octanol–water partition coefficient (Wildman–Crippen LogP) is 4.21. The van der Waals surface area contributed by atoms with Gasteiger partial charge in [-0.2, -0.15) is 5.10 Å². The fourth-order valence-electron chi connectivity index (χ4n) is 4.62. The van der Waals surface area contributed by atoms with Crippen LogP contribution in [-0.2, 0) is 14.3 Å². The summed E-state index contributed by atoms with van der Waals surface area (Å²) in [5.41, 5.74) is 5.26. The Morgan fingerprint density at radius 2 is 1.81 bits per heavy atom. The Morgan fingerprint density at radius 1 is 1.08 bits per heavy atom. The minimum absolute atomic E-state index is 0.00477. The number of aryl methyl sites for hydroxylation is 2. The molecule has 0 radical (unpaired) electrons. The number of rotatable bonds is 8. The van der Waals surface area contributed by atoms with Crippen molar-refractivity contribution >= 4 is 29.1 Å². The summed E-state index contributed by atoms with van der Waals surface area (Å²) in [6.45, 7) is 10.3. The van der Waals surface area contributed by atoms with Gasteiger partial charge in [0.2, 0.25) is 5.91 Å². The number of hydrogen-bond donors (Lipinski definition) is 0. The normalized spacial score (nSPS) is 18.3. The number of hydrogen-bond acceptors (Lipinski definition) is 5. The van der Waals surface area contributed by atoms with E-state index in [-0.39, 0.29) is 24.4 Å². The lowest BCUT2D eigenvalue weighted by atomic mass is 9.96. The van der Waals surface area contributed by atoms with E-state index < -0.39 is 0 Å². The first-order valence-electron chi connectivity index (χ1n) is 12.7. The predicted molar refractivity (Wildman–Crippen MR) is 142 cm³/mol. The van der Waals surface area contributed by atoms with E-state index in [1.165, 1.54) is 11.1 Å². The molecule has 2 aromatic rings. The number of ether oxygens (including phenoxy) is 1. The lowest BCUT2D eigenvalue weighted by Gasteiger charge is -2.31. The van der Waals surface area contributed by atoms with Crippen molar-refractivity contribution in [2.24, 2.45) is 5.10 Å². The number of nitrogens with zero attached hydrogens (tertiary/aromatic N) is 4. The summed E-state index contributed by atoms with van der Waals surface area (Å²) >= 11 is 6.13. The molecule has 2 aliphatic rings. The van der Waals surface area contributed by atoms with Crippen LogP contribution in [0.15, 0.2) is 47.6 Å². The van der Waals surface area contributed by atoms with E-state index in [2.05, 4.69) is 36.9 Å². The SMILES string of the molecule is CCC(=O)N(CCN1CCOCC1)CC(=O)N1N=C(c2ccc(C)c(C)c2)CC1c1ccc(Cl)cc1. The van der Waals surface area contributed by atoms with Crippen LogP contribution in [0, 0.1) is 13.8 Å². The number of benzene rings is 2. The van der Waals surface area contributed by atoms with Crippen LogP contribution >= 0.6 is 11.6 Å². The van der Waals surface area contributed by atoms with Gasteiger partial charge < -0.3 is 9.64 Å². The molecule has 0 N–H and O–H groups in total. The Kier molecular flexibility index (Phi) is 8.77. The third-order valence-electron chi connectivity index (χ3n) is 7.03. The van der Waals surface area contributed by atoms with E-state index in [1.54, 1.807) is 9.91 Å². The molecule has 36 heavy (non-hydrogen) atoms. The van der Waals surface area contributed by atoms with Gasteiger partial charge in [-0.15, -0.1) is 0 Å². The van der Waals surface area contributed by atoms with Gasteiger partial charge in [0.05, 0.1) is 25.0 Å². The van der Waals surface area contributed by atoms with Crippen LogP contribution in [0.25, 0.3) is 0 Å². The highest BCUT2D eigenvalue weighted by Gasteiger charge is 2.34. The zero-order valence-electron chi connectivity index (χ0n) is 21.4. The van der Waals surface area contributed by atoms with Crippen LogP contribution in [0.2, 0.25) is 5.02 Å². The molecule has 2 amide bonds. The summed E-state index contributed by atoms with van der Waals surface area (Å²) in [5.74, 6) is -0.213. The van der Waals surface area contributed by atoms with Crippen molar-refractivity contribution < 1.29 is 14.3 Å². The molecule has 0 aliphatic carbocycles. The zero-order chi connectivity index (χ0) is 25.7. The van der Waals surface area contributed by atoms with Gasteiger partial charge >= 0.3 is 0 Å². The number of amides is 2. The smallest absolute Gasteiger partial charge is 0.262 e. The maximum atomic E-state index is 13.6. The molecule has 2 heterocycles. The van der Waals surface area contributed by atoms with Gasteiger partial charge in [-0.05, 0) is 54.3 Å². The van der Waals surface area contributed by atoms with Crippen molar-refractivity contribution in [2.75, 3.05) is 45.9 Å². The quantitative estimate of drug-likeness (QED) is 0.533. The van der Waals surface area contributed by atoms with Gasteiger partial charge in [0.15, 0.2) is 0 Å². The van der Waals surface area contributed by atoms with Crippen LogP contribution in [-0.4, -0.2) is 78.3 Å². The number of halogens is 1. The molecule has 1 atom stereocenters. The van der Waals surface area contributed by atoms with Gasteiger partial charge in [-0.1, -0.05) is 42.8 Å². The third-order valence-corrected chi connectivity index (χ3v) is 7.28. The Balaban J connectivity index is 1.56. The first-order valence-corrected chi connectivity index (χ1v) is 13.0. The summed E-state index contributed by atoms with van der Waals surface area (Å²) in [6.07, 6.45) is 0.958. The summed E-state index contributed by atoms with van der Waals surface area (Å²) in [7, 11) is 0. The number of hydrazone groups is 1. The number of carbonyl (C=O) groups is 2. The molecule has 2 aromatic carbocycles. The zero-order valence-corrected chi connectivity index (χ0v) is 22.1. The summed E-state index contributed by atoms with van der Waals surface area (Å²) in [6, 6.07) is 13.6. The molecule has 0 spiro atoms. The third kappa shape index (κ3) is 6.33. The maximum absolute atomic E-state index is 13.6. The first-order chi connectivity index (χ1) is 17.4. The van der Waals surface area contributed by atoms with Crippen LogP contribution in [0.3, 0.4) is 0 Å². The van der Waals surface area contributed by atoms with Gasteiger partial charge in [-0.25, -0.2) is 5.01 Å². The van der Waals surface area contributed by atoms with E-state index in [0.29, 0.717) is 37.6 Å². The average molecular weight is 511 g/mol. The monoisotopic (exact) mass is 510 g/mol. The Bertz CT molecular complexity index is 1110. The number of carbonyl (C=O) groups excluding carboxylic acids is 2. The Labute approximate surface area is 218 Å². The second-order valence-electron chi connectivity index (χ2n) is 9.48. The second kappa shape index (κ2) is 12.0. The van der Waals surface area contributed by atoms with Crippen LogP contribution in [0.5, 0.6) is 0 Å². The standard InChI is InChI=1S/C28H35ClN4O3/c1-4-27(34)32(12-11-31-13-15-36-16-14-31)19-28(35)33-26(22-7-9-24(29)10-8-22)18-25(30-33)23-6-5-20(2)21(3)17-23/h5-10,17,26H,4,11-16,18-19H2,1-3H3. The summed E-state index contributed by atoms with van der Waals surface area (Å²) in [4.78, 5) is 30.3. The fraction of sp³-hybridized carbons (Fsp3) is 0.464. The van der Waals surface area contributed by atoms with Crippen molar-refractivity contribution in [3.63, 3.8) is 0 Å². The largest absolute Gasteiger partial charge is 0.379 e. The molecule has 8 heteroatoms. The van der Waals surface area contributed by atoms with Crippen LogP contribution < -0.4 is 0 Å². The molecule has 4 rings (SSSR count). The Morgan fingerprint density at radius 3 is 2.47 bits per heavy atom. The van der Waals surface area contributed by atoms with E-state index in [0.717, 1.165) is 36.5 Å². The van der Waals surface area contributed by atoms with Crippen LogP contribution in [0.1, 0.15) is 48.1 Å². The highest BCUT2D eigenvalue weighted by atomic mass is 35.5. The molecule has 1 fully saturated rings. The van der Waals surface area contributed by atoms with E-state index in [9.17, 15) is 9.59 Å². The van der Waals surface area contributed by atoms with Gasteiger partial charge in [0.25, 0.3) is 5.91 Å². The van der Waals surface area contributed by atoms with Crippen molar-refractivity contribution in [1.82, 2.24) is 14.8 Å². The van der Waals surface area contributed by atoms with Crippen LogP contribution in [0.4, 0.5) is 0 Å². The average Bonchev–Trinajstić information content (AvgIpc) is 3.34. The highest BCUT2D eigenvalue weighted by molar-refractivity contribution is 6.30. The first kappa shape index (κ1) is 26.3. The highest BCUT2D eigenvalue weighted by Crippen LogP contribution is 2.34. The van der Waals surface area contributed by atoms with Gasteiger partial charge in [0, 0.05) is 44.0 Å².